The molecule has 9 nitrogen and oxygen atoms in total. The minimum absolute atomic E-state index is 0.00442. The average Bonchev–Trinajstić information content (AvgIpc) is 3.14. The number of nitrogens with zero attached hydrogens (tertiary/aromatic N) is 4. The van der Waals surface area contributed by atoms with Crippen molar-refractivity contribution in [1.29, 1.82) is 5.41 Å². The molecule has 156 valence electrons. The van der Waals surface area contributed by atoms with Crippen molar-refractivity contribution in [3.63, 3.8) is 0 Å². The number of cyclic esters (lactones) is 1. The number of ether oxygens (including phenoxy) is 1. The summed E-state index contributed by atoms with van der Waals surface area (Å²) in [6, 6.07) is 10.5. The van der Waals surface area contributed by atoms with E-state index < -0.39 is 0 Å². The molecule has 3 N–H and O–H groups in total. The number of benzene rings is 1. The summed E-state index contributed by atoms with van der Waals surface area (Å²) in [5, 5.41) is 7.46. The SMILES string of the molecule is N=C(N)c1ccc(N2CC(CN3CCN(C(=O)c4cccnc4)CC3)OC2=O)cc1. The molecule has 1 unspecified atom stereocenters. The Bertz CT molecular complexity index is 926. The van der Waals surface area contributed by atoms with Crippen molar-refractivity contribution in [2.45, 2.75) is 6.10 Å². The van der Waals surface area contributed by atoms with E-state index in [2.05, 4.69) is 9.88 Å². The van der Waals surface area contributed by atoms with Crippen molar-refractivity contribution in [3.05, 3.63) is 59.9 Å². The van der Waals surface area contributed by atoms with E-state index in [0.29, 0.717) is 37.3 Å². The molecule has 3 heterocycles. The van der Waals surface area contributed by atoms with Crippen molar-refractivity contribution in [1.82, 2.24) is 14.8 Å². The second-order valence-electron chi connectivity index (χ2n) is 7.41. The number of carbonyl (C=O) groups excluding carboxylic acids is 2. The summed E-state index contributed by atoms with van der Waals surface area (Å²) in [6.45, 7) is 3.81. The lowest BCUT2D eigenvalue weighted by molar-refractivity contribution is 0.0552. The number of anilines is 1. The Morgan fingerprint density at radius 1 is 1.13 bits per heavy atom. The number of aromatic nitrogens is 1. The first kappa shape index (κ1) is 19.8. The first-order valence-corrected chi connectivity index (χ1v) is 9.85. The summed E-state index contributed by atoms with van der Waals surface area (Å²) in [7, 11) is 0. The van der Waals surface area contributed by atoms with Crippen LogP contribution in [0, 0.1) is 5.41 Å². The van der Waals surface area contributed by atoms with Gasteiger partial charge in [0.2, 0.25) is 0 Å². The summed E-state index contributed by atoms with van der Waals surface area (Å²) < 4.78 is 5.54. The van der Waals surface area contributed by atoms with Gasteiger partial charge in [-0.25, -0.2) is 4.79 Å². The van der Waals surface area contributed by atoms with Gasteiger partial charge in [-0.3, -0.25) is 25.0 Å². The zero-order chi connectivity index (χ0) is 21.1. The zero-order valence-corrected chi connectivity index (χ0v) is 16.5. The molecule has 0 spiro atoms. The minimum atomic E-state index is -0.374. The van der Waals surface area contributed by atoms with Crippen LogP contribution in [0.25, 0.3) is 0 Å². The van der Waals surface area contributed by atoms with Gasteiger partial charge in [-0.15, -0.1) is 0 Å². The molecule has 1 aromatic carbocycles. The van der Waals surface area contributed by atoms with E-state index in [9.17, 15) is 9.59 Å². The predicted octanol–water partition coefficient (Wildman–Crippen LogP) is 1.15. The molecule has 1 aromatic heterocycles. The van der Waals surface area contributed by atoms with Crippen LogP contribution in [0.2, 0.25) is 0 Å². The third kappa shape index (κ3) is 4.25. The Kier molecular flexibility index (Phi) is 5.62. The number of piperazine rings is 1. The van der Waals surface area contributed by atoms with Gasteiger partial charge in [0.15, 0.2) is 0 Å². The van der Waals surface area contributed by atoms with Gasteiger partial charge >= 0.3 is 6.09 Å². The van der Waals surface area contributed by atoms with Gasteiger partial charge in [-0.1, -0.05) is 0 Å². The van der Waals surface area contributed by atoms with Crippen LogP contribution in [-0.4, -0.2) is 78.0 Å². The monoisotopic (exact) mass is 408 g/mol. The number of nitrogen functional groups attached to an aromatic ring is 1. The highest BCUT2D eigenvalue weighted by atomic mass is 16.6. The smallest absolute Gasteiger partial charge is 0.414 e. The molecule has 2 aliphatic heterocycles. The molecular formula is C21H24N6O3. The Morgan fingerprint density at radius 2 is 1.87 bits per heavy atom. The number of carbonyl (C=O) groups is 2. The van der Waals surface area contributed by atoms with Crippen molar-refractivity contribution >= 4 is 23.5 Å². The highest BCUT2D eigenvalue weighted by molar-refractivity contribution is 5.96. The summed E-state index contributed by atoms with van der Waals surface area (Å²) >= 11 is 0. The molecule has 30 heavy (non-hydrogen) atoms. The molecule has 4 rings (SSSR count). The number of amidine groups is 1. The van der Waals surface area contributed by atoms with Gasteiger partial charge in [0.1, 0.15) is 11.9 Å². The Labute approximate surface area is 174 Å². The molecule has 0 bridgehead atoms. The van der Waals surface area contributed by atoms with Gasteiger partial charge in [0.05, 0.1) is 12.1 Å². The molecule has 9 heteroatoms. The maximum atomic E-state index is 12.5. The third-order valence-electron chi connectivity index (χ3n) is 5.39. The van der Waals surface area contributed by atoms with E-state index in [-0.39, 0.29) is 23.9 Å². The fourth-order valence-electron chi connectivity index (χ4n) is 3.74. The topological polar surface area (TPSA) is 116 Å². The lowest BCUT2D eigenvalue weighted by Crippen LogP contribution is -2.50. The Hall–Kier alpha value is -3.46. The molecule has 2 amide bonds. The van der Waals surface area contributed by atoms with E-state index in [1.54, 1.807) is 53.7 Å². The second-order valence-corrected chi connectivity index (χ2v) is 7.41. The predicted molar refractivity (Wildman–Crippen MR) is 112 cm³/mol. The van der Waals surface area contributed by atoms with E-state index in [0.717, 1.165) is 18.8 Å². The maximum absolute atomic E-state index is 12.5. The molecule has 2 aromatic rings. The van der Waals surface area contributed by atoms with Crippen LogP contribution < -0.4 is 10.6 Å². The molecule has 0 saturated carbocycles. The largest absolute Gasteiger partial charge is 0.443 e. The van der Waals surface area contributed by atoms with Crippen molar-refractivity contribution in [3.8, 4) is 0 Å². The van der Waals surface area contributed by atoms with Gasteiger partial charge in [-0.2, -0.15) is 0 Å². The number of nitrogens with two attached hydrogens (primary N) is 1. The van der Waals surface area contributed by atoms with Crippen LogP contribution in [-0.2, 0) is 4.74 Å². The van der Waals surface area contributed by atoms with Crippen LogP contribution in [0.5, 0.6) is 0 Å². The van der Waals surface area contributed by atoms with E-state index in [1.165, 1.54) is 0 Å². The summed E-state index contributed by atoms with van der Waals surface area (Å²) in [4.78, 5) is 34.5. The number of hydrogen-bond acceptors (Lipinski definition) is 6. The van der Waals surface area contributed by atoms with Gasteiger partial charge in [0, 0.05) is 56.4 Å². The normalized spacial score (nSPS) is 19.6. The van der Waals surface area contributed by atoms with Crippen LogP contribution >= 0.6 is 0 Å². The summed E-state index contributed by atoms with van der Waals surface area (Å²) in [6.07, 6.45) is 2.63. The van der Waals surface area contributed by atoms with Gasteiger partial charge in [0.25, 0.3) is 5.91 Å². The summed E-state index contributed by atoms with van der Waals surface area (Å²) in [5.41, 5.74) is 7.41. The Balaban J connectivity index is 1.29. The number of amides is 2. The zero-order valence-electron chi connectivity index (χ0n) is 16.5. The van der Waals surface area contributed by atoms with Crippen LogP contribution in [0.3, 0.4) is 0 Å². The van der Waals surface area contributed by atoms with Gasteiger partial charge in [-0.05, 0) is 36.4 Å². The fraction of sp³-hybridized carbons (Fsp3) is 0.333. The van der Waals surface area contributed by atoms with Gasteiger partial charge < -0.3 is 15.4 Å². The van der Waals surface area contributed by atoms with Crippen LogP contribution in [0.15, 0.2) is 48.8 Å². The number of rotatable bonds is 5. The highest BCUT2D eigenvalue weighted by Gasteiger charge is 2.34. The first-order valence-electron chi connectivity index (χ1n) is 9.85. The maximum Gasteiger partial charge on any atom is 0.414 e. The van der Waals surface area contributed by atoms with E-state index in [4.69, 9.17) is 15.9 Å². The molecule has 0 aliphatic carbocycles. The third-order valence-corrected chi connectivity index (χ3v) is 5.39. The lowest BCUT2D eigenvalue weighted by atomic mass is 10.2. The number of pyridine rings is 1. The standard InChI is InChI=1S/C21H24N6O3/c22-19(23)15-3-5-17(6-4-15)27-14-18(30-21(27)29)13-25-8-10-26(11-9-25)20(28)16-2-1-7-24-12-16/h1-7,12,18H,8-11,13-14H2,(H3,22,23). The highest BCUT2D eigenvalue weighted by Crippen LogP contribution is 2.23. The van der Waals surface area contributed by atoms with Crippen molar-refractivity contribution < 1.29 is 14.3 Å². The molecule has 2 saturated heterocycles. The molecular weight excluding hydrogens is 384 g/mol. The van der Waals surface area contributed by atoms with Crippen molar-refractivity contribution in [2.75, 3.05) is 44.2 Å². The number of nitrogens with one attached hydrogen (secondary N) is 1. The summed E-state index contributed by atoms with van der Waals surface area (Å²) in [5.74, 6) is -0.0141. The van der Waals surface area contributed by atoms with E-state index in [1.807, 2.05) is 4.90 Å². The van der Waals surface area contributed by atoms with E-state index >= 15 is 0 Å². The van der Waals surface area contributed by atoms with Crippen LogP contribution in [0.4, 0.5) is 10.5 Å². The molecule has 2 aliphatic rings. The molecule has 0 radical (unpaired) electrons. The number of hydrogen-bond donors (Lipinski definition) is 2. The fourth-order valence-corrected chi connectivity index (χ4v) is 3.74. The minimum Gasteiger partial charge on any atom is -0.443 e. The second kappa shape index (κ2) is 8.50. The molecule has 2 fully saturated rings. The molecule has 1 atom stereocenters. The van der Waals surface area contributed by atoms with Crippen LogP contribution in [0.1, 0.15) is 15.9 Å². The first-order chi connectivity index (χ1) is 14.5. The average molecular weight is 408 g/mol. The lowest BCUT2D eigenvalue weighted by Gasteiger charge is -2.35. The quantitative estimate of drug-likeness (QED) is 0.566. The Morgan fingerprint density at radius 3 is 2.50 bits per heavy atom. The van der Waals surface area contributed by atoms with Crippen molar-refractivity contribution in [2.24, 2.45) is 5.73 Å².